The SMILES string of the molecule is COc1ccccc1OC(C)C(=O)Nc1ccc([N+](=O)[O-])cc1C. The molecule has 0 saturated heterocycles. The molecule has 2 aromatic rings. The number of carbonyl (C=O) groups is 1. The summed E-state index contributed by atoms with van der Waals surface area (Å²) >= 11 is 0. The lowest BCUT2D eigenvalue weighted by Gasteiger charge is -2.17. The number of hydrogen-bond donors (Lipinski definition) is 1. The van der Waals surface area contributed by atoms with Crippen LogP contribution in [0.25, 0.3) is 0 Å². The zero-order valence-corrected chi connectivity index (χ0v) is 13.6. The van der Waals surface area contributed by atoms with Crippen molar-refractivity contribution in [1.29, 1.82) is 0 Å². The first kappa shape index (κ1) is 17.3. The van der Waals surface area contributed by atoms with Gasteiger partial charge in [-0.25, -0.2) is 0 Å². The van der Waals surface area contributed by atoms with Gasteiger partial charge in [-0.05, 0) is 37.6 Å². The molecule has 0 aliphatic heterocycles. The van der Waals surface area contributed by atoms with Gasteiger partial charge in [0, 0.05) is 17.8 Å². The molecule has 0 fully saturated rings. The van der Waals surface area contributed by atoms with Crippen LogP contribution in [-0.4, -0.2) is 24.0 Å². The Morgan fingerprint density at radius 3 is 2.46 bits per heavy atom. The minimum atomic E-state index is -0.768. The number of nitro benzene ring substituents is 1. The van der Waals surface area contributed by atoms with Crippen molar-refractivity contribution in [2.45, 2.75) is 20.0 Å². The highest BCUT2D eigenvalue weighted by Gasteiger charge is 2.18. The largest absolute Gasteiger partial charge is 0.493 e. The lowest BCUT2D eigenvalue weighted by atomic mass is 10.1. The second kappa shape index (κ2) is 7.45. The molecule has 7 heteroatoms. The van der Waals surface area contributed by atoms with Gasteiger partial charge >= 0.3 is 0 Å². The molecule has 0 radical (unpaired) electrons. The summed E-state index contributed by atoms with van der Waals surface area (Å²) in [6, 6.07) is 11.3. The molecule has 0 bridgehead atoms. The highest BCUT2D eigenvalue weighted by Crippen LogP contribution is 2.27. The topological polar surface area (TPSA) is 90.7 Å². The van der Waals surface area contributed by atoms with Crippen LogP contribution in [0.2, 0.25) is 0 Å². The van der Waals surface area contributed by atoms with Gasteiger partial charge in [-0.15, -0.1) is 0 Å². The van der Waals surface area contributed by atoms with Gasteiger partial charge in [-0.1, -0.05) is 12.1 Å². The first-order valence-electron chi connectivity index (χ1n) is 7.28. The Kier molecular flexibility index (Phi) is 5.36. The predicted molar refractivity (Wildman–Crippen MR) is 89.5 cm³/mol. The molecule has 0 heterocycles. The maximum absolute atomic E-state index is 12.3. The summed E-state index contributed by atoms with van der Waals surface area (Å²) in [5.41, 5.74) is 1.08. The minimum Gasteiger partial charge on any atom is -0.493 e. The Morgan fingerprint density at radius 2 is 1.88 bits per heavy atom. The van der Waals surface area contributed by atoms with E-state index in [1.807, 2.05) is 0 Å². The molecule has 0 saturated carbocycles. The molecular formula is C17H18N2O5. The van der Waals surface area contributed by atoms with E-state index in [1.165, 1.54) is 25.3 Å². The zero-order chi connectivity index (χ0) is 17.7. The van der Waals surface area contributed by atoms with Crippen molar-refractivity contribution in [2.24, 2.45) is 0 Å². The molecule has 126 valence electrons. The van der Waals surface area contributed by atoms with Gasteiger partial charge in [0.1, 0.15) is 0 Å². The van der Waals surface area contributed by atoms with Gasteiger partial charge in [0.05, 0.1) is 12.0 Å². The van der Waals surface area contributed by atoms with Gasteiger partial charge in [0.15, 0.2) is 17.6 Å². The van der Waals surface area contributed by atoms with Gasteiger partial charge in [0.2, 0.25) is 0 Å². The van der Waals surface area contributed by atoms with Gasteiger partial charge in [0.25, 0.3) is 11.6 Å². The summed E-state index contributed by atoms with van der Waals surface area (Å²) in [6.07, 6.45) is -0.768. The fraction of sp³-hybridized carbons (Fsp3) is 0.235. The number of methoxy groups -OCH3 is 1. The van der Waals surface area contributed by atoms with E-state index < -0.39 is 11.0 Å². The molecule has 0 aliphatic carbocycles. The second-order valence-corrected chi connectivity index (χ2v) is 5.16. The lowest BCUT2D eigenvalue weighted by Crippen LogP contribution is -2.30. The molecule has 2 aromatic carbocycles. The van der Waals surface area contributed by atoms with E-state index in [9.17, 15) is 14.9 Å². The summed E-state index contributed by atoms with van der Waals surface area (Å²) in [6.45, 7) is 3.30. The van der Waals surface area contributed by atoms with Crippen LogP contribution in [0.1, 0.15) is 12.5 Å². The molecule has 0 spiro atoms. The molecule has 1 N–H and O–H groups in total. The van der Waals surface area contributed by atoms with Crippen molar-refractivity contribution in [3.8, 4) is 11.5 Å². The number of ether oxygens (including phenoxy) is 2. The number of aryl methyl sites for hydroxylation is 1. The average Bonchev–Trinajstić information content (AvgIpc) is 2.56. The van der Waals surface area contributed by atoms with Crippen molar-refractivity contribution < 1.29 is 19.2 Å². The monoisotopic (exact) mass is 330 g/mol. The normalized spacial score (nSPS) is 11.5. The third-order valence-electron chi connectivity index (χ3n) is 3.42. The predicted octanol–water partition coefficient (Wildman–Crippen LogP) is 3.32. The van der Waals surface area contributed by atoms with Crippen molar-refractivity contribution in [2.75, 3.05) is 12.4 Å². The number of nitro groups is 1. The first-order chi connectivity index (χ1) is 11.4. The molecule has 0 aliphatic rings. The molecule has 7 nitrogen and oxygen atoms in total. The number of carbonyl (C=O) groups excluding carboxylic acids is 1. The molecule has 1 amide bonds. The highest BCUT2D eigenvalue weighted by atomic mass is 16.6. The van der Waals surface area contributed by atoms with E-state index in [0.717, 1.165) is 0 Å². The smallest absolute Gasteiger partial charge is 0.269 e. The van der Waals surface area contributed by atoms with Crippen molar-refractivity contribution >= 4 is 17.3 Å². The standard InChI is InChI=1S/C17H18N2O5/c1-11-10-13(19(21)22)8-9-14(11)18-17(20)12(2)24-16-7-5-4-6-15(16)23-3/h4-10,12H,1-3H3,(H,18,20). The summed E-state index contributed by atoms with van der Waals surface area (Å²) in [5, 5.41) is 13.5. The van der Waals surface area contributed by atoms with Crippen molar-refractivity contribution in [1.82, 2.24) is 0 Å². The van der Waals surface area contributed by atoms with Crippen LogP contribution in [-0.2, 0) is 4.79 Å². The first-order valence-corrected chi connectivity index (χ1v) is 7.28. The number of amides is 1. The van der Waals surface area contributed by atoms with Gasteiger partial charge in [-0.2, -0.15) is 0 Å². The minimum absolute atomic E-state index is 0.0242. The number of non-ortho nitro benzene ring substituents is 1. The van der Waals surface area contributed by atoms with Crippen LogP contribution >= 0.6 is 0 Å². The second-order valence-electron chi connectivity index (χ2n) is 5.16. The Labute approximate surface area is 139 Å². The Hall–Kier alpha value is -3.09. The summed E-state index contributed by atoms with van der Waals surface area (Å²) in [4.78, 5) is 22.5. The Bertz CT molecular complexity index is 760. The zero-order valence-electron chi connectivity index (χ0n) is 13.6. The fourth-order valence-corrected chi connectivity index (χ4v) is 2.10. The molecule has 24 heavy (non-hydrogen) atoms. The van der Waals surface area contributed by atoms with Crippen LogP contribution in [0.15, 0.2) is 42.5 Å². The maximum atomic E-state index is 12.3. The van der Waals surface area contributed by atoms with E-state index in [-0.39, 0.29) is 11.6 Å². The van der Waals surface area contributed by atoms with Crippen LogP contribution in [0.4, 0.5) is 11.4 Å². The molecule has 2 rings (SSSR count). The van der Waals surface area contributed by atoms with Crippen LogP contribution in [0, 0.1) is 17.0 Å². The number of benzene rings is 2. The Morgan fingerprint density at radius 1 is 1.21 bits per heavy atom. The van der Waals surface area contributed by atoms with E-state index >= 15 is 0 Å². The number of rotatable bonds is 6. The molecule has 0 aromatic heterocycles. The third kappa shape index (κ3) is 4.01. The summed E-state index contributed by atoms with van der Waals surface area (Å²) < 4.78 is 10.8. The van der Waals surface area contributed by atoms with E-state index in [0.29, 0.717) is 22.7 Å². The van der Waals surface area contributed by atoms with Gasteiger partial charge in [-0.3, -0.25) is 14.9 Å². The number of nitrogens with zero attached hydrogens (tertiary/aromatic N) is 1. The lowest BCUT2D eigenvalue weighted by molar-refractivity contribution is -0.384. The quantitative estimate of drug-likeness (QED) is 0.648. The van der Waals surface area contributed by atoms with Crippen molar-refractivity contribution in [3.63, 3.8) is 0 Å². The number of hydrogen-bond acceptors (Lipinski definition) is 5. The van der Waals surface area contributed by atoms with Crippen LogP contribution < -0.4 is 14.8 Å². The van der Waals surface area contributed by atoms with Gasteiger partial charge < -0.3 is 14.8 Å². The number of para-hydroxylation sites is 2. The average molecular weight is 330 g/mol. The summed E-state index contributed by atoms with van der Waals surface area (Å²) in [7, 11) is 1.52. The molecule has 1 unspecified atom stereocenters. The number of nitrogens with one attached hydrogen (secondary N) is 1. The van der Waals surface area contributed by atoms with E-state index in [2.05, 4.69) is 5.32 Å². The number of anilines is 1. The fourth-order valence-electron chi connectivity index (χ4n) is 2.10. The van der Waals surface area contributed by atoms with Crippen LogP contribution in [0.5, 0.6) is 11.5 Å². The summed E-state index contributed by atoms with van der Waals surface area (Å²) in [5.74, 6) is 0.629. The van der Waals surface area contributed by atoms with Crippen molar-refractivity contribution in [3.05, 3.63) is 58.1 Å². The molecular weight excluding hydrogens is 312 g/mol. The van der Waals surface area contributed by atoms with Crippen LogP contribution in [0.3, 0.4) is 0 Å². The maximum Gasteiger partial charge on any atom is 0.269 e. The highest BCUT2D eigenvalue weighted by molar-refractivity contribution is 5.94. The third-order valence-corrected chi connectivity index (χ3v) is 3.42. The van der Waals surface area contributed by atoms with E-state index in [4.69, 9.17) is 9.47 Å². The Balaban J connectivity index is 2.08. The molecule has 1 atom stereocenters. The van der Waals surface area contributed by atoms with E-state index in [1.54, 1.807) is 38.1 Å².